The Hall–Kier alpha value is -3.70. The summed E-state index contributed by atoms with van der Waals surface area (Å²) in [4.78, 5) is 31.1. The highest BCUT2D eigenvalue weighted by atomic mass is 35.5. The maximum absolute atomic E-state index is 14.8. The Morgan fingerprint density at radius 1 is 0.878 bits per heavy atom. The van der Waals surface area contributed by atoms with Crippen molar-refractivity contribution in [3.63, 3.8) is 0 Å². The molecular formula is C37H41Cl2N3O5S2. The van der Waals surface area contributed by atoms with Crippen molar-refractivity contribution in [3.05, 3.63) is 118 Å². The van der Waals surface area contributed by atoms with Gasteiger partial charge in [-0.05, 0) is 80.6 Å². The molecule has 0 saturated carbocycles. The number of amides is 2. The molecule has 2 atom stereocenters. The van der Waals surface area contributed by atoms with E-state index in [1.807, 2.05) is 50.4 Å². The minimum absolute atomic E-state index is 0.000416. The summed E-state index contributed by atoms with van der Waals surface area (Å²) in [5, 5.41) is 3.65. The number of ether oxygens (including phenoxy) is 1. The topological polar surface area (TPSA) is 96.0 Å². The predicted octanol–water partition coefficient (Wildman–Crippen LogP) is 7.86. The molecule has 12 heteroatoms. The summed E-state index contributed by atoms with van der Waals surface area (Å²) in [5.41, 5.74) is 1.44. The molecule has 0 aliphatic heterocycles. The van der Waals surface area contributed by atoms with Crippen LogP contribution in [-0.2, 0) is 32.6 Å². The number of benzene rings is 4. The SMILES string of the molecule is CCOc1ccccc1N(CC(=O)N(Cc1c(Cl)cccc1Cl)[C@H](Cc1ccccc1)C(=O)N[C@H](C)CC)S(=O)(=O)c1ccc(SC)cc1. The van der Waals surface area contributed by atoms with Crippen LogP contribution in [0.3, 0.4) is 0 Å². The fourth-order valence-corrected chi connectivity index (χ4v) is 7.53. The molecule has 260 valence electrons. The van der Waals surface area contributed by atoms with Crippen molar-refractivity contribution >= 4 is 62.5 Å². The van der Waals surface area contributed by atoms with Gasteiger partial charge in [0.05, 0.1) is 17.2 Å². The van der Waals surface area contributed by atoms with Gasteiger partial charge in [0.25, 0.3) is 10.0 Å². The van der Waals surface area contributed by atoms with E-state index in [-0.39, 0.29) is 47.9 Å². The Morgan fingerprint density at radius 3 is 2.12 bits per heavy atom. The maximum Gasteiger partial charge on any atom is 0.264 e. The highest BCUT2D eigenvalue weighted by molar-refractivity contribution is 7.98. The van der Waals surface area contributed by atoms with E-state index in [0.29, 0.717) is 22.0 Å². The van der Waals surface area contributed by atoms with Crippen molar-refractivity contribution in [1.29, 1.82) is 0 Å². The molecule has 8 nitrogen and oxygen atoms in total. The van der Waals surface area contributed by atoms with Gasteiger partial charge in [0, 0.05) is 39.5 Å². The number of hydrogen-bond acceptors (Lipinski definition) is 6. The van der Waals surface area contributed by atoms with E-state index in [4.69, 9.17) is 27.9 Å². The third-order valence-electron chi connectivity index (χ3n) is 8.02. The standard InChI is InChI=1S/C37H41Cl2N3O5S2/c1-5-26(3)40-37(44)34(23-27-13-8-7-9-14-27)41(24-30-31(38)15-12-16-32(30)39)36(43)25-42(33-17-10-11-18-35(33)47-6-2)49(45,46)29-21-19-28(48-4)20-22-29/h7-22,26,34H,5-6,23-25H2,1-4H3,(H,40,44)/t26-,34-/m1/s1. The van der Waals surface area contributed by atoms with Gasteiger partial charge >= 0.3 is 0 Å². The first-order valence-corrected chi connectivity index (χ1v) is 19.4. The molecule has 0 spiro atoms. The molecule has 0 aromatic heterocycles. The quantitative estimate of drug-likeness (QED) is 0.118. The van der Waals surface area contributed by atoms with Crippen LogP contribution in [0.5, 0.6) is 5.75 Å². The van der Waals surface area contributed by atoms with Gasteiger partial charge in [-0.1, -0.05) is 78.7 Å². The average Bonchev–Trinajstić information content (AvgIpc) is 3.10. The van der Waals surface area contributed by atoms with Gasteiger partial charge in [-0.3, -0.25) is 13.9 Å². The van der Waals surface area contributed by atoms with Crippen LogP contribution in [-0.4, -0.2) is 56.6 Å². The summed E-state index contributed by atoms with van der Waals surface area (Å²) >= 11 is 14.7. The molecule has 0 aliphatic carbocycles. The number of hydrogen-bond donors (Lipinski definition) is 1. The van der Waals surface area contributed by atoms with E-state index < -0.39 is 28.5 Å². The summed E-state index contributed by atoms with van der Waals surface area (Å²) in [7, 11) is -4.32. The minimum atomic E-state index is -4.32. The van der Waals surface area contributed by atoms with Crippen LogP contribution in [0.2, 0.25) is 10.0 Å². The van der Waals surface area contributed by atoms with Crippen LogP contribution in [0.4, 0.5) is 5.69 Å². The number of para-hydroxylation sites is 2. The first-order chi connectivity index (χ1) is 23.5. The molecule has 49 heavy (non-hydrogen) atoms. The zero-order valence-corrected chi connectivity index (χ0v) is 31.1. The van der Waals surface area contributed by atoms with Crippen molar-refractivity contribution in [2.24, 2.45) is 0 Å². The molecule has 0 fully saturated rings. The number of rotatable bonds is 16. The largest absolute Gasteiger partial charge is 0.492 e. The summed E-state index contributed by atoms with van der Waals surface area (Å²) in [5.74, 6) is -0.725. The Labute approximate surface area is 303 Å². The monoisotopic (exact) mass is 741 g/mol. The Kier molecular flexibility index (Phi) is 13.8. The van der Waals surface area contributed by atoms with Crippen molar-refractivity contribution in [3.8, 4) is 5.75 Å². The summed E-state index contributed by atoms with van der Waals surface area (Å²) in [6, 6.07) is 26.3. The van der Waals surface area contributed by atoms with E-state index in [1.54, 1.807) is 61.5 Å². The van der Waals surface area contributed by atoms with E-state index in [2.05, 4.69) is 5.32 Å². The molecule has 0 heterocycles. The molecule has 0 radical (unpaired) electrons. The number of nitrogens with one attached hydrogen (secondary N) is 1. The maximum atomic E-state index is 14.8. The fraction of sp³-hybridized carbons (Fsp3) is 0.297. The number of sulfonamides is 1. The van der Waals surface area contributed by atoms with Crippen molar-refractivity contribution in [2.75, 3.05) is 23.7 Å². The molecule has 1 N–H and O–H groups in total. The van der Waals surface area contributed by atoms with E-state index in [1.165, 1.54) is 28.8 Å². The number of halogens is 2. The number of thioether (sulfide) groups is 1. The normalized spacial score (nSPS) is 12.5. The van der Waals surface area contributed by atoms with Gasteiger partial charge in [0.2, 0.25) is 11.8 Å². The van der Waals surface area contributed by atoms with Gasteiger partial charge in [0.15, 0.2) is 0 Å². The third kappa shape index (κ3) is 9.72. The molecule has 4 aromatic rings. The third-order valence-corrected chi connectivity index (χ3v) is 11.2. The zero-order valence-electron chi connectivity index (χ0n) is 27.9. The van der Waals surface area contributed by atoms with Crippen LogP contribution in [0, 0.1) is 0 Å². The second-order valence-electron chi connectivity index (χ2n) is 11.3. The first-order valence-electron chi connectivity index (χ1n) is 15.9. The van der Waals surface area contributed by atoms with Gasteiger partial charge < -0.3 is 15.0 Å². The van der Waals surface area contributed by atoms with Gasteiger partial charge in [-0.15, -0.1) is 11.8 Å². The van der Waals surface area contributed by atoms with E-state index in [9.17, 15) is 18.0 Å². The van der Waals surface area contributed by atoms with Crippen LogP contribution < -0.4 is 14.4 Å². The van der Waals surface area contributed by atoms with Crippen molar-refractivity contribution in [2.45, 2.75) is 62.0 Å². The Balaban J connectivity index is 1.88. The lowest BCUT2D eigenvalue weighted by atomic mass is 10.0. The minimum Gasteiger partial charge on any atom is -0.492 e. The summed E-state index contributed by atoms with van der Waals surface area (Å²) in [6.07, 6.45) is 2.73. The van der Waals surface area contributed by atoms with E-state index >= 15 is 0 Å². The highest BCUT2D eigenvalue weighted by Crippen LogP contribution is 2.34. The lowest BCUT2D eigenvalue weighted by Gasteiger charge is -2.35. The summed E-state index contributed by atoms with van der Waals surface area (Å²) < 4.78 is 35.8. The van der Waals surface area contributed by atoms with Crippen LogP contribution >= 0.6 is 35.0 Å². The fourth-order valence-electron chi connectivity index (χ4n) is 5.18. The van der Waals surface area contributed by atoms with Crippen molar-refractivity contribution in [1.82, 2.24) is 10.2 Å². The number of carbonyl (C=O) groups excluding carboxylic acids is 2. The van der Waals surface area contributed by atoms with Gasteiger partial charge in [0.1, 0.15) is 18.3 Å². The van der Waals surface area contributed by atoms with Crippen LogP contribution in [0.1, 0.15) is 38.3 Å². The molecule has 0 bridgehead atoms. The lowest BCUT2D eigenvalue weighted by molar-refractivity contribution is -0.140. The van der Waals surface area contributed by atoms with Gasteiger partial charge in [-0.25, -0.2) is 8.42 Å². The van der Waals surface area contributed by atoms with Gasteiger partial charge in [-0.2, -0.15) is 0 Å². The highest BCUT2D eigenvalue weighted by Gasteiger charge is 2.36. The average molecular weight is 743 g/mol. The van der Waals surface area contributed by atoms with Crippen LogP contribution in [0.15, 0.2) is 107 Å². The molecule has 4 aromatic carbocycles. The first kappa shape index (κ1) is 38.1. The molecule has 0 aliphatic rings. The summed E-state index contributed by atoms with van der Waals surface area (Å²) in [6.45, 7) is 5.12. The smallest absolute Gasteiger partial charge is 0.264 e. The second-order valence-corrected chi connectivity index (χ2v) is 14.9. The molecule has 2 amide bonds. The van der Waals surface area contributed by atoms with Crippen LogP contribution in [0.25, 0.3) is 0 Å². The molecule has 0 saturated heterocycles. The molecule has 4 rings (SSSR count). The number of carbonyl (C=O) groups is 2. The molecule has 0 unspecified atom stereocenters. The van der Waals surface area contributed by atoms with Crippen molar-refractivity contribution < 1.29 is 22.7 Å². The predicted molar refractivity (Wildman–Crippen MR) is 199 cm³/mol. The molecular weight excluding hydrogens is 701 g/mol. The second kappa shape index (κ2) is 17.8. The Bertz CT molecular complexity index is 1810. The lowest BCUT2D eigenvalue weighted by Crippen LogP contribution is -2.54. The zero-order chi connectivity index (χ0) is 35.6. The number of anilines is 1. The van der Waals surface area contributed by atoms with E-state index in [0.717, 1.165) is 14.8 Å². The Morgan fingerprint density at radius 2 is 1.51 bits per heavy atom. The number of nitrogens with zero attached hydrogens (tertiary/aromatic N) is 2.